The number of esters is 2. The molecule has 0 aromatic carbocycles. The summed E-state index contributed by atoms with van der Waals surface area (Å²) in [5, 5.41) is 50.0. The van der Waals surface area contributed by atoms with Crippen LogP contribution in [0, 0.1) is 0 Å². The molecule has 1 rings (SSSR count). The van der Waals surface area contributed by atoms with E-state index in [4.69, 9.17) is 18.5 Å². The minimum Gasteiger partial charge on any atom is -0.756 e. The fourth-order valence-electron chi connectivity index (χ4n) is 6.46. The van der Waals surface area contributed by atoms with Gasteiger partial charge in [0.15, 0.2) is 6.10 Å². The van der Waals surface area contributed by atoms with Crippen molar-refractivity contribution in [2.45, 2.75) is 211 Å². The third kappa shape index (κ3) is 30.0. The molecule has 0 saturated heterocycles. The van der Waals surface area contributed by atoms with E-state index in [0.717, 1.165) is 89.9 Å². The second-order valence-corrected chi connectivity index (χ2v) is 16.9. The van der Waals surface area contributed by atoms with E-state index in [1.54, 1.807) is 0 Å². The number of ether oxygens (including phenoxy) is 2. The average Bonchev–Trinajstić information content (AvgIpc) is 3.21. The van der Waals surface area contributed by atoms with Crippen molar-refractivity contribution in [1.82, 2.24) is 0 Å². The quantitative estimate of drug-likeness (QED) is 0.0189. The molecular weight excluding hydrogens is 802 g/mol. The van der Waals surface area contributed by atoms with Crippen LogP contribution >= 0.6 is 7.82 Å². The van der Waals surface area contributed by atoms with Crippen molar-refractivity contribution in [2.24, 2.45) is 0 Å². The predicted molar refractivity (Wildman–Crippen MR) is 228 cm³/mol. The van der Waals surface area contributed by atoms with E-state index >= 15 is 0 Å². The number of aliphatic hydroxyl groups excluding tert-OH is 5. The summed E-state index contributed by atoms with van der Waals surface area (Å²) < 4.78 is 33.1. The van der Waals surface area contributed by atoms with Crippen molar-refractivity contribution in [3.8, 4) is 0 Å². The summed E-state index contributed by atoms with van der Waals surface area (Å²) in [7, 11) is -5.37. The molecule has 0 bridgehead atoms. The van der Waals surface area contributed by atoms with Crippen molar-refractivity contribution in [2.75, 3.05) is 13.2 Å². The van der Waals surface area contributed by atoms with Gasteiger partial charge in [0.25, 0.3) is 7.82 Å². The van der Waals surface area contributed by atoms with Crippen LogP contribution in [0.3, 0.4) is 0 Å². The van der Waals surface area contributed by atoms with Crippen molar-refractivity contribution in [3.63, 3.8) is 0 Å². The zero-order chi connectivity index (χ0) is 43.6. The Hall–Kier alpha value is -1.19. The Morgan fingerprint density at radius 3 is 1.38 bits per heavy atom. The Morgan fingerprint density at radius 2 is 0.933 bits per heavy atom. The zero-order valence-electron chi connectivity index (χ0n) is 37.0. The molecule has 13 nitrogen and oxygen atoms in total. The van der Waals surface area contributed by atoms with Crippen LogP contribution in [-0.4, -0.2) is 93.4 Å². The smallest absolute Gasteiger partial charge is 0.756 e. The van der Waals surface area contributed by atoms with Crippen LogP contribution < -0.4 is 34.5 Å². The fraction of sp³-hybridized carbons (Fsp3) is 0.778. The third-order valence-electron chi connectivity index (χ3n) is 10.1. The molecule has 0 aliphatic heterocycles. The Balaban J connectivity index is 0.0000348. The number of allylic oxidation sites excluding steroid dienone is 8. The van der Waals surface area contributed by atoms with Crippen molar-refractivity contribution >= 4 is 19.8 Å². The number of carbonyl (C=O) groups is 2. The molecule has 1 saturated carbocycles. The van der Waals surface area contributed by atoms with Crippen LogP contribution in [0.2, 0.25) is 0 Å². The molecule has 342 valence electrons. The minimum absolute atomic E-state index is 0. The van der Waals surface area contributed by atoms with E-state index in [9.17, 15) is 44.6 Å². The maximum atomic E-state index is 12.7. The number of unbranched alkanes of at least 4 members (excludes halogenated alkanes) is 16. The van der Waals surface area contributed by atoms with E-state index in [1.165, 1.54) is 38.5 Å². The first-order chi connectivity index (χ1) is 28.4. The molecular formula is C45H78NaO13P. The molecule has 60 heavy (non-hydrogen) atoms. The van der Waals surface area contributed by atoms with E-state index in [-0.39, 0.29) is 42.4 Å². The van der Waals surface area contributed by atoms with Gasteiger partial charge in [0.2, 0.25) is 0 Å². The Kier molecular flexibility index (Phi) is 37.5. The van der Waals surface area contributed by atoms with E-state index in [2.05, 4.69) is 62.5 Å². The van der Waals surface area contributed by atoms with Gasteiger partial charge in [0.1, 0.15) is 43.2 Å². The van der Waals surface area contributed by atoms with Crippen molar-refractivity contribution < 1.29 is 92.7 Å². The van der Waals surface area contributed by atoms with E-state index in [0.29, 0.717) is 12.8 Å². The van der Waals surface area contributed by atoms with Crippen LogP contribution in [0.25, 0.3) is 0 Å². The Morgan fingerprint density at radius 1 is 0.550 bits per heavy atom. The van der Waals surface area contributed by atoms with Gasteiger partial charge in [0.05, 0.1) is 6.61 Å². The van der Waals surface area contributed by atoms with Gasteiger partial charge in [-0.1, -0.05) is 127 Å². The minimum atomic E-state index is -5.37. The summed E-state index contributed by atoms with van der Waals surface area (Å²) >= 11 is 0. The van der Waals surface area contributed by atoms with Gasteiger partial charge in [-0.05, 0) is 77.0 Å². The molecule has 1 fully saturated rings. The first-order valence-electron chi connectivity index (χ1n) is 22.4. The summed E-state index contributed by atoms with van der Waals surface area (Å²) in [6, 6.07) is 0. The standard InChI is InChI=1S/C45H79O13P.Na/c1-3-5-7-9-11-13-15-17-19-21-23-25-27-29-31-33-38(46)55-35-37(36-56-59(53,54)58-45-43(51)41(49)40(48)42(50)44(45)52)57-39(47)34-32-30-28-26-24-22-20-18-16-14-12-10-8-6-4-2;/h11-14,17-20,37,40-45,48-52H,3-10,15-16,21-36H2,1-2H3,(H,53,54);/q;+1/p-1/b13-11+,14-12+,19-17+,20-18+;/t37-,40?,41-,42+,43-,44-,45?;/m1./s1. The molecule has 1 aliphatic rings. The average molecular weight is 881 g/mol. The maximum Gasteiger partial charge on any atom is 1.00 e. The maximum absolute atomic E-state index is 12.7. The summed E-state index contributed by atoms with van der Waals surface area (Å²) in [6.45, 7) is 3.12. The number of phosphoric ester groups is 1. The molecule has 0 radical (unpaired) electrons. The van der Waals surface area contributed by atoms with Crippen LogP contribution in [0.4, 0.5) is 0 Å². The molecule has 0 amide bonds. The zero-order valence-corrected chi connectivity index (χ0v) is 39.9. The Bertz CT molecular complexity index is 1230. The number of carbonyl (C=O) groups excluding carboxylic acids is 2. The van der Waals surface area contributed by atoms with Crippen LogP contribution in [0.15, 0.2) is 48.6 Å². The van der Waals surface area contributed by atoms with Gasteiger partial charge in [-0.15, -0.1) is 0 Å². The van der Waals surface area contributed by atoms with E-state index in [1.807, 2.05) is 0 Å². The van der Waals surface area contributed by atoms with Crippen molar-refractivity contribution in [1.29, 1.82) is 0 Å². The monoisotopic (exact) mass is 881 g/mol. The van der Waals surface area contributed by atoms with Gasteiger partial charge < -0.3 is 48.9 Å². The number of phosphoric acid groups is 1. The first-order valence-corrected chi connectivity index (χ1v) is 23.9. The van der Waals surface area contributed by atoms with Gasteiger partial charge in [-0.25, -0.2) is 0 Å². The molecule has 0 aromatic heterocycles. The summed E-state index contributed by atoms with van der Waals surface area (Å²) in [5.41, 5.74) is 0. The first kappa shape index (κ1) is 58.8. The molecule has 5 N–H and O–H groups in total. The van der Waals surface area contributed by atoms with Crippen LogP contribution in [0.1, 0.15) is 168 Å². The molecule has 0 heterocycles. The Labute approximate surface area is 383 Å². The normalized spacial score (nSPS) is 22.4. The van der Waals surface area contributed by atoms with E-state index < -0.39 is 75.7 Å². The number of hydrogen-bond donors (Lipinski definition) is 5. The summed E-state index contributed by atoms with van der Waals surface area (Å²) in [4.78, 5) is 37.9. The second-order valence-electron chi connectivity index (χ2n) is 15.5. The van der Waals surface area contributed by atoms with Gasteiger partial charge >= 0.3 is 41.5 Å². The van der Waals surface area contributed by atoms with Gasteiger partial charge in [-0.2, -0.15) is 0 Å². The molecule has 1 aliphatic carbocycles. The van der Waals surface area contributed by atoms with Gasteiger partial charge in [-0.3, -0.25) is 14.2 Å². The SMILES string of the molecule is CCCCC/C=C/C/C=C/CCCCCCCC(=O)OC[C@H](COP(=O)([O-])OC1[C@H](O)[C@H](O)C(O)[C@H](O)[C@H]1O)OC(=O)CCCCCCC/C=C/C/C=C/CCCCC.[Na+]. The van der Waals surface area contributed by atoms with Crippen LogP contribution in [0.5, 0.6) is 0 Å². The largest absolute Gasteiger partial charge is 1.00 e. The topological polar surface area (TPSA) is 212 Å². The molecule has 15 heteroatoms. The third-order valence-corrected chi connectivity index (χ3v) is 11.1. The molecule has 8 atom stereocenters. The second kappa shape index (κ2) is 38.3. The fourth-order valence-corrected chi connectivity index (χ4v) is 7.41. The number of rotatable bonds is 36. The number of aliphatic hydroxyl groups is 5. The van der Waals surface area contributed by atoms with Gasteiger partial charge in [0, 0.05) is 12.8 Å². The molecule has 3 unspecified atom stereocenters. The summed E-state index contributed by atoms with van der Waals surface area (Å²) in [5.74, 6) is -1.17. The number of hydrogen-bond acceptors (Lipinski definition) is 13. The molecule has 0 aromatic rings. The van der Waals surface area contributed by atoms with Crippen LogP contribution in [-0.2, 0) is 32.7 Å². The predicted octanol–water partition coefficient (Wildman–Crippen LogP) is 4.76. The molecule has 0 spiro atoms. The summed E-state index contributed by atoms with van der Waals surface area (Å²) in [6.07, 6.45) is 26.9. The van der Waals surface area contributed by atoms with Crippen molar-refractivity contribution in [3.05, 3.63) is 48.6 Å².